The van der Waals surface area contributed by atoms with Gasteiger partial charge in [-0.05, 0) is 26.7 Å². The molecule has 0 radical (unpaired) electrons. The largest absolute Gasteiger partial charge is 0.372 e. The van der Waals surface area contributed by atoms with E-state index < -0.39 is 0 Å². The lowest BCUT2D eigenvalue weighted by Gasteiger charge is -2.35. The van der Waals surface area contributed by atoms with Gasteiger partial charge in [0.25, 0.3) is 0 Å². The molecular weight excluding hydrogens is 282 g/mol. The first-order valence-electron chi connectivity index (χ1n) is 8.52. The van der Waals surface area contributed by atoms with Gasteiger partial charge in [0.2, 0.25) is 5.91 Å². The van der Waals surface area contributed by atoms with Crippen LogP contribution in [-0.2, 0) is 9.53 Å². The first-order chi connectivity index (χ1) is 10.5. The van der Waals surface area contributed by atoms with Crippen LogP contribution in [0, 0.1) is 0 Å². The number of urea groups is 1. The van der Waals surface area contributed by atoms with Gasteiger partial charge in [0, 0.05) is 32.1 Å². The van der Waals surface area contributed by atoms with Crippen LogP contribution in [0.2, 0.25) is 0 Å². The Morgan fingerprint density at radius 1 is 1.09 bits per heavy atom. The van der Waals surface area contributed by atoms with Crippen molar-refractivity contribution >= 4 is 11.9 Å². The average Bonchev–Trinajstić information content (AvgIpc) is 2.47. The minimum Gasteiger partial charge on any atom is -0.372 e. The van der Waals surface area contributed by atoms with E-state index in [4.69, 9.17) is 4.74 Å². The van der Waals surface area contributed by atoms with Crippen LogP contribution >= 0.6 is 0 Å². The third-order valence-electron chi connectivity index (χ3n) is 4.34. The van der Waals surface area contributed by atoms with Crippen molar-refractivity contribution in [1.29, 1.82) is 0 Å². The number of morpholine rings is 1. The Morgan fingerprint density at radius 3 is 2.36 bits per heavy atom. The van der Waals surface area contributed by atoms with E-state index in [-0.39, 0.29) is 24.1 Å². The van der Waals surface area contributed by atoms with Crippen LogP contribution in [0.5, 0.6) is 0 Å². The molecular formula is C16H29N3O3. The zero-order valence-electron chi connectivity index (χ0n) is 13.8. The zero-order valence-corrected chi connectivity index (χ0v) is 13.8. The zero-order chi connectivity index (χ0) is 15.9. The third kappa shape index (κ3) is 5.48. The molecule has 2 N–H and O–H groups in total. The Bertz CT molecular complexity index is 373. The number of rotatable bonds is 4. The van der Waals surface area contributed by atoms with Gasteiger partial charge in [-0.25, -0.2) is 4.79 Å². The van der Waals surface area contributed by atoms with Crippen LogP contribution < -0.4 is 10.6 Å². The molecule has 6 nitrogen and oxygen atoms in total. The van der Waals surface area contributed by atoms with Crippen LogP contribution in [0.15, 0.2) is 0 Å². The van der Waals surface area contributed by atoms with Crippen molar-refractivity contribution in [2.45, 2.75) is 70.6 Å². The van der Waals surface area contributed by atoms with Gasteiger partial charge in [-0.3, -0.25) is 4.79 Å². The summed E-state index contributed by atoms with van der Waals surface area (Å²) in [5.41, 5.74) is 0. The summed E-state index contributed by atoms with van der Waals surface area (Å²) in [5.74, 6) is 0.0833. The lowest BCUT2D eigenvalue weighted by Crippen LogP contribution is -2.49. The van der Waals surface area contributed by atoms with Crippen LogP contribution in [-0.4, -0.2) is 54.7 Å². The van der Waals surface area contributed by atoms with Gasteiger partial charge in [-0.15, -0.1) is 0 Å². The summed E-state index contributed by atoms with van der Waals surface area (Å²) >= 11 is 0. The van der Waals surface area contributed by atoms with E-state index in [0.717, 1.165) is 12.8 Å². The van der Waals surface area contributed by atoms with Gasteiger partial charge < -0.3 is 20.3 Å². The van der Waals surface area contributed by atoms with Crippen LogP contribution in [0.1, 0.15) is 52.4 Å². The predicted molar refractivity (Wildman–Crippen MR) is 84.6 cm³/mol. The minimum atomic E-state index is -0.150. The standard InChI is InChI=1S/C16H29N3O3/c1-12-10-19(11-13(2)22-12)15(20)8-9-17-16(21)18-14-6-4-3-5-7-14/h12-14H,3-11H2,1-2H3,(H2,17,18,21). The summed E-state index contributed by atoms with van der Waals surface area (Å²) in [4.78, 5) is 25.8. The van der Waals surface area contributed by atoms with E-state index in [2.05, 4.69) is 10.6 Å². The lowest BCUT2D eigenvalue weighted by molar-refractivity contribution is -0.143. The number of nitrogens with zero attached hydrogens (tertiary/aromatic N) is 1. The number of amides is 3. The highest BCUT2D eigenvalue weighted by atomic mass is 16.5. The molecule has 0 spiro atoms. The van der Waals surface area contributed by atoms with Gasteiger partial charge in [0.1, 0.15) is 0 Å². The molecule has 6 heteroatoms. The van der Waals surface area contributed by atoms with Crippen molar-refractivity contribution in [3.8, 4) is 0 Å². The summed E-state index contributed by atoms with van der Waals surface area (Å²) in [6, 6.07) is 0.147. The Morgan fingerprint density at radius 2 is 1.73 bits per heavy atom. The molecule has 2 unspecified atom stereocenters. The molecule has 1 aliphatic carbocycles. The molecule has 0 bridgehead atoms. The molecule has 0 aromatic heterocycles. The van der Waals surface area contributed by atoms with Gasteiger partial charge in [0.05, 0.1) is 12.2 Å². The summed E-state index contributed by atoms with van der Waals surface area (Å²) in [5, 5.41) is 5.78. The highest BCUT2D eigenvalue weighted by molar-refractivity contribution is 5.78. The van der Waals surface area contributed by atoms with Crippen molar-refractivity contribution < 1.29 is 14.3 Å². The monoisotopic (exact) mass is 311 g/mol. The highest BCUT2D eigenvalue weighted by Gasteiger charge is 2.25. The van der Waals surface area contributed by atoms with E-state index in [1.807, 2.05) is 18.7 Å². The second kappa shape index (κ2) is 8.36. The third-order valence-corrected chi connectivity index (χ3v) is 4.34. The lowest BCUT2D eigenvalue weighted by atomic mass is 9.96. The smallest absolute Gasteiger partial charge is 0.315 e. The number of carbonyl (C=O) groups excluding carboxylic acids is 2. The molecule has 1 saturated carbocycles. The molecule has 2 rings (SSSR count). The van der Waals surface area contributed by atoms with E-state index in [1.54, 1.807) is 0 Å². The van der Waals surface area contributed by atoms with Crippen LogP contribution in [0.4, 0.5) is 4.79 Å². The number of hydrogen-bond donors (Lipinski definition) is 2. The van der Waals surface area contributed by atoms with E-state index in [0.29, 0.717) is 32.1 Å². The first kappa shape index (κ1) is 17.1. The topological polar surface area (TPSA) is 70.7 Å². The number of hydrogen-bond acceptors (Lipinski definition) is 3. The second-order valence-electron chi connectivity index (χ2n) is 6.54. The molecule has 1 aliphatic heterocycles. The van der Waals surface area contributed by atoms with Crippen LogP contribution in [0.3, 0.4) is 0 Å². The summed E-state index contributed by atoms with van der Waals surface area (Å²) in [6.07, 6.45) is 6.28. The quantitative estimate of drug-likeness (QED) is 0.829. The minimum absolute atomic E-state index is 0.0789. The predicted octanol–water partition coefficient (Wildman–Crippen LogP) is 1.64. The molecule has 0 aromatic rings. The Labute approximate surface area is 132 Å². The molecule has 0 aromatic carbocycles. The second-order valence-corrected chi connectivity index (χ2v) is 6.54. The molecule has 3 amide bonds. The van der Waals surface area contributed by atoms with Crippen molar-refractivity contribution in [2.24, 2.45) is 0 Å². The molecule has 2 atom stereocenters. The fourth-order valence-corrected chi connectivity index (χ4v) is 3.31. The van der Waals surface area contributed by atoms with Crippen molar-refractivity contribution in [2.75, 3.05) is 19.6 Å². The van der Waals surface area contributed by atoms with Crippen LogP contribution in [0.25, 0.3) is 0 Å². The first-order valence-corrected chi connectivity index (χ1v) is 8.52. The maximum atomic E-state index is 12.2. The van der Waals surface area contributed by atoms with E-state index >= 15 is 0 Å². The van der Waals surface area contributed by atoms with Gasteiger partial charge in [-0.1, -0.05) is 19.3 Å². The molecule has 2 aliphatic rings. The summed E-state index contributed by atoms with van der Waals surface area (Å²) in [6.45, 7) is 5.62. The number of carbonyl (C=O) groups is 2. The highest BCUT2D eigenvalue weighted by Crippen LogP contribution is 2.17. The normalized spacial score (nSPS) is 26.5. The van der Waals surface area contributed by atoms with E-state index in [9.17, 15) is 9.59 Å². The fourth-order valence-electron chi connectivity index (χ4n) is 3.31. The van der Waals surface area contributed by atoms with Crippen molar-refractivity contribution in [1.82, 2.24) is 15.5 Å². The molecule has 22 heavy (non-hydrogen) atoms. The number of nitrogens with one attached hydrogen (secondary N) is 2. The fraction of sp³-hybridized carbons (Fsp3) is 0.875. The molecule has 2 fully saturated rings. The van der Waals surface area contributed by atoms with Gasteiger partial charge in [0.15, 0.2) is 0 Å². The van der Waals surface area contributed by atoms with Crippen molar-refractivity contribution in [3.63, 3.8) is 0 Å². The summed E-state index contributed by atoms with van der Waals surface area (Å²) in [7, 11) is 0. The molecule has 1 saturated heterocycles. The van der Waals surface area contributed by atoms with Gasteiger partial charge in [-0.2, -0.15) is 0 Å². The Kier molecular flexibility index (Phi) is 6.49. The Hall–Kier alpha value is -1.30. The van der Waals surface area contributed by atoms with E-state index in [1.165, 1.54) is 19.3 Å². The Balaban J connectivity index is 1.62. The molecule has 1 heterocycles. The number of ether oxygens (including phenoxy) is 1. The molecule has 126 valence electrons. The average molecular weight is 311 g/mol. The maximum absolute atomic E-state index is 12.2. The van der Waals surface area contributed by atoms with Gasteiger partial charge >= 0.3 is 6.03 Å². The SMILES string of the molecule is CC1CN(C(=O)CCNC(=O)NC2CCCCC2)CC(C)O1. The maximum Gasteiger partial charge on any atom is 0.315 e. The van der Waals surface area contributed by atoms with Crippen molar-refractivity contribution in [3.05, 3.63) is 0 Å². The summed E-state index contributed by atoms with van der Waals surface area (Å²) < 4.78 is 5.62.